The molecule has 0 bridgehead atoms. The number of ether oxygens (including phenoxy) is 1. The van der Waals surface area contributed by atoms with Gasteiger partial charge in [0.1, 0.15) is 11.3 Å². The number of carbonyl (C=O) groups excluding carboxylic acids is 1. The monoisotopic (exact) mass is 313 g/mol. The van der Waals surface area contributed by atoms with Gasteiger partial charge in [-0.15, -0.1) is 11.8 Å². The molecule has 5 heteroatoms. The molecule has 4 nitrogen and oxygen atoms in total. The highest BCUT2D eigenvalue weighted by atomic mass is 32.2. The van der Waals surface area contributed by atoms with Crippen LogP contribution in [0.3, 0.4) is 0 Å². The molecule has 0 amide bonds. The molecule has 1 atom stereocenters. The van der Waals surface area contributed by atoms with Crippen molar-refractivity contribution >= 4 is 17.7 Å². The van der Waals surface area contributed by atoms with Crippen LogP contribution in [0.15, 0.2) is 21.6 Å². The van der Waals surface area contributed by atoms with E-state index in [2.05, 4.69) is 5.32 Å². The molecule has 0 saturated carbocycles. The molecule has 0 aliphatic rings. The summed E-state index contributed by atoms with van der Waals surface area (Å²) in [4.78, 5) is 13.3. The predicted octanol–water partition coefficient (Wildman–Crippen LogP) is 3.78. The largest absolute Gasteiger partial charge is 0.468 e. The smallest absolute Gasteiger partial charge is 0.326 e. The minimum absolute atomic E-state index is 0.148. The van der Waals surface area contributed by atoms with Crippen LogP contribution in [0.25, 0.3) is 0 Å². The van der Waals surface area contributed by atoms with Crippen molar-refractivity contribution in [3.05, 3.63) is 18.1 Å². The fourth-order valence-electron chi connectivity index (χ4n) is 2.23. The van der Waals surface area contributed by atoms with Crippen LogP contribution in [0.4, 0.5) is 0 Å². The Labute approximate surface area is 132 Å². The number of carbonyl (C=O) groups is 1. The maximum absolute atomic E-state index is 12.0. The molecular formula is C16H27NO3S. The first-order valence-electron chi connectivity index (χ1n) is 7.62. The van der Waals surface area contributed by atoms with Crippen molar-refractivity contribution < 1.29 is 13.9 Å². The Kier molecular flexibility index (Phi) is 7.89. The van der Waals surface area contributed by atoms with Crippen LogP contribution in [0.2, 0.25) is 0 Å². The summed E-state index contributed by atoms with van der Waals surface area (Å²) in [5.41, 5.74) is -0.568. The fourth-order valence-corrected chi connectivity index (χ4v) is 3.20. The van der Waals surface area contributed by atoms with Gasteiger partial charge in [0.25, 0.3) is 0 Å². The summed E-state index contributed by atoms with van der Waals surface area (Å²) in [6.07, 6.45) is 4.58. The van der Waals surface area contributed by atoms with E-state index in [1.54, 1.807) is 18.0 Å². The molecule has 0 aliphatic heterocycles. The standard InChI is InChI=1S/C16H27NO3S/c1-5-17-16(4,15(18)19-6-2)10-7-8-12-21-14-9-11-20-13(14)3/h9,11,17H,5-8,10,12H2,1-4H3. The van der Waals surface area contributed by atoms with Crippen molar-refractivity contribution in [2.45, 2.75) is 57.4 Å². The molecule has 0 spiro atoms. The molecular weight excluding hydrogens is 286 g/mol. The van der Waals surface area contributed by atoms with E-state index in [1.165, 1.54) is 4.90 Å². The molecule has 0 saturated heterocycles. The number of hydrogen-bond donors (Lipinski definition) is 1. The Morgan fingerprint density at radius 2 is 2.19 bits per heavy atom. The Morgan fingerprint density at radius 3 is 2.76 bits per heavy atom. The zero-order chi connectivity index (χ0) is 15.7. The van der Waals surface area contributed by atoms with Crippen LogP contribution < -0.4 is 5.32 Å². The van der Waals surface area contributed by atoms with Crippen molar-refractivity contribution in [2.24, 2.45) is 0 Å². The zero-order valence-corrected chi connectivity index (χ0v) is 14.3. The average molecular weight is 313 g/mol. The van der Waals surface area contributed by atoms with Crippen LogP contribution >= 0.6 is 11.8 Å². The van der Waals surface area contributed by atoms with Gasteiger partial charge in [-0.25, -0.2) is 0 Å². The topological polar surface area (TPSA) is 51.5 Å². The lowest BCUT2D eigenvalue weighted by Gasteiger charge is -2.28. The quantitative estimate of drug-likeness (QED) is 0.405. The van der Waals surface area contributed by atoms with E-state index in [0.717, 1.165) is 37.3 Å². The number of esters is 1. The zero-order valence-electron chi connectivity index (χ0n) is 13.5. The Morgan fingerprint density at radius 1 is 1.43 bits per heavy atom. The first kappa shape index (κ1) is 18.1. The second kappa shape index (κ2) is 9.15. The lowest BCUT2D eigenvalue weighted by atomic mass is 9.95. The second-order valence-corrected chi connectivity index (χ2v) is 6.37. The molecule has 1 rings (SSSR count). The first-order valence-corrected chi connectivity index (χ1v) is 8.61. The summed E-state index contributed by atoms with van der Waals surface area (Å²) in [6, 6.07) is 2.00. The normalized spacial score (nSPS) is 13.9. The highest BCUT2D eigenvalue weighted by molar-refractivity contribution is 7.99. The van der Waals surface area contributed by atoms with Crippen LogP contribution in [0.5, 0.6) is 0 Å². The van der Waals surface area contributed by atoms with E-state index in [1.807, 2.05) is 33.8 Å². The highest BCUT2D eigenvalue weighted by Crippen LogP contribution is 2.25. The molecule has 1 aromatic rings. The third-order valence-electron chi connectivity index (χ3n) is 3.43. The van der Waals surface area contributed by atoms with E-state index in [4.69, 9.17) is 9.15 Å². The van der Waals surface area contributed by atoms with Crippen LogP contribution in [-0.2, 0) is 9.53 Å². The van der Waals surface area contributed by atoms with E-state index in [9.17, 15) is 4.79 Å². The Hall–Kier alpha value is -0.940. The summed E-state index contributed by atoms with van der Waals surface area (Å²) in [7, 11) is 0. The number of hydrogen-bond acceptors (Lipinski definition) is 5. The van der Waals surface area contributed by atoms with Gasteiger partial charge in [-0.2, -0.15) is 0 Å². The van der Waals surface area contributed by atoms with Crippen LogP contribution in [0, 0.1) is 6.92 Å². The van der Waals surface area contributed by atoms with Gasteiger partial charge >= 0.3 is 5.97 Å². The molecule has 1 aromatic heterocycles. The third-order valence-corrected chi connectivity index (χ3v) is 4.66. The maximum atomic E-state index is 12.0. The Bertz CT molecular complexity index is 433. The number of unbranched alkanes of at least 4 members (excludes halogenated alkanes) is 1. The number of nitrogens with one attached hydrogen (secondary N) is 1. The summed E-state index contributed by atoms with van der Waals surface area (Å²) in [6.45, 7) is 8.95. The molecule has 1 heterocycles. The molecule has 1 N–H and O–H groups in total. The summed E-state index contributed by atoms with van der Waals surface area (Å²) < 4.78 is 10.4. The summed E-state index contributed by atoms with van der Waals surface area (Å²) >= 11 is 1.81. The van der Waals surface area contributed by atoms with Crippen molar-refractivity contribution in [3.63, 3.8) is 0 Å². The van der Waals surface area contributed by atoms with Gasteiger partial charge in [0, 0.05) is 4.90 Å². The Balaban J connectivity index is 2.33. The van der Waals surface area contributed by atoms with Gasteiger partial charge in [-0.1, -0.05) is 13.3 Å². The lowest BCUT2D eigenvalue weighted by molar-refractivity contribution is -0.150. The van der Waals surface area contributed by atoms with Crippen molar-refractivity contribution in [1.29, 1.82) is 0 Å². The van der Waals surface area contributed by atoms with Crippen molar-refractivity contribution in [1.82, 2.24) is 5.32 Å². The van der Waals surface area contributed by atoms with Crippen molar-refractivity contribution in [2.75, 3.05) is 18.9 Å². The SMILES string of the molecule is CCNC(C)(CCCCSc1ccoc1C)C(=O)OCC. The van der Waals surface area contributed by atoms with Gasteiger partial charge in [0.05, 0.1) is 12.9 Å². The first-order chi connectivity index (χ1) is 10.0. The molecule has 0 fully saturated rings. The average Bonchev–Trinajstić information content (AvgIpc) is 2.84. The number of aryl methyl sites for hydroxylation is 1. The molecule has 120 valence electrons. The maximum Gasteiger partial charge on any atom is 0.326 e. The second-order valence-electron chi connectivity index (χ2n) is 5.23. The van der Waals surface area contributed by atoms with Crippen LogP contribution in [-0.4, -0.2) is 30.4 Å². The number of furan rings is 1. The molecule has 21 heavy (non-hydrogen) atoms. The molecule has 0 aromatic carbocycles. The summed E-state index contributed by atoms with van der Waals surface area (Å²) in [5.74, 6) is 1.86. The third kappa shape index (κ3) is 5.75. The summed E-state index contributed by atoms with van der Waals surface area (Å²) in [5, 5.41) is 3.26. The molecule has 0 radical (unpaired) electrons. The molecule has 0 aliphatic carbocycles. The highest BCUT2D eigenvalue weighted by Gasteiger charge is 2.32. The predicted molar refractivity (Wildman–Crippen MR) is 86.7 cm³/mol. The van der Waals surface area contributed by atoms with Crippen LogP contribution in [0.1, 0.15) is 45.8 Å². The van der Waals surface area contributed by atoms with E-state index in [-0.39, 0.29) is 5.97 Å². The molecule has 1 unspecified atom stereocenters. The number of thioether (sulfide) groups is 1. The van der Waals surface area contributed by atoms with Gasteiger partial charge in [0.2, 0.25) is 0 Å². The van der Waals surface area contributed by atoms with E-state index in [0.29, 0.717) is 6.61 Å². The fraction of sp³-hybridized carbons (Fsp3) is 0.688. The lowest BCUT2D eigenvalue weighted by Crippen LogP contribution is -2.50. The number of likely N-dealkylation sites (N-methyl/N-ethyl adjacent to an activating group) is 1. The van der Waals surface area contributed by atoms with Gasteiger partial charge in [-0.3, -0.25) is 4.79 Å². The van der Waals surface area contributed by atoms with E-state index < -0.39 is 5.54 Å². The van der Waals surface area contributed by atoms with Crippen molar-refractivity contribution in [3.8, 4) is 0 Å². The van der Waals surface area contributed by atoms with Gasteiger partial charge in [-0.05, 0) is 52.0 Å². The number of rotatable bonds is 10. The van der Waals surface area contributed by atoms with Gasteiger partial charge < -0.3 is 14.5 Å². The minimum Gasteiger partial charge on any atom is -0.468 e. The minimum atomic E-state index is -0.568. The van der Waals surface area contributed by atoms with E-state index >= 15 is 0 Å². The van der Waals surface area contributed by atoms with Gasteiger partial charge in [0.15, 0.2) is 0 Å².